The lowest BCUT2D eigenvalue weighted by atomic mass is 9.97. The zero-order valence-corrected chi connectivity index (χ0v) is 17.8. The summed E-state index contributed by atoms with van der Waals surface area (Å²) in [4.78, 5) is 47.1. The topological polar surface area (TPSA) is 99.3 Å². The van der Waals surface area contributed by atoms with Gasteiger partial charge in [0, 0.05) is 18.2 Å². The monoisotopic (exact) mass is 431 g/mol. The summed E-state index contributed by atoms with van der Waals surface area (Å²) >= 11 is 0. The fourth-order valence-electron chi connectivity index (χ4n) is 4.61. The molecule has 2 aromatic carbocycles. The molecule has 0 aromatic heterocycles. The molecule has 4 amide bonds. The van der Waals surface area contributed by atoms with Crippen LogP contribution in [0.2, 0.25) is 0 Å². The van der Waals surface area contributed by atoms with Crippen molar-refractivity contribution >= 4 is 34.9 Å². The van der Waals surface area contributed by atoms with E-state index in [-0.39, 0.29) is 6.54 Å². The van der Waals surface area contributed by atoms with E-state index in [4.69, 9.17) is 10.7 Å². The molecule has 162 valence electrons. The number of rotatable bonds is 4. The number of quaternary nitrogens is 1. The maximum absolute atomic E-state index is 13.8. The van der Waals surface area contributed by atoms with Gasteiger partial charge in [-0.2, -0.15) is 0 Å². The number of nitrogens with zero attached hydrogens (tertiary/aromatic N) is 5. The first-order valence-corrected chi connectivity index (χ1v) is 10.3. The lowest BCUT2D eigenvalue weighted by molar-refractivity contribution is -0.166. The van der Waals surface area contributed by atoms with Crippen molar-refractivity contribution in [2.75, 3.05) is 18.5 Å². The summed E-state index contributed by atoms with van der Waals surface area (Å²) in [7, 11) is 1.61. The van der Waals surface area contributed by atoms with Gasteiger partial charge in [0.15, 0.2) is 5.69 Å². The van der Waals surface area contributed by atoms with Crippen LogP contribution >= 0.6 is 0 Å². The Kier molecular flexibility index (Phi) is 4.30. The maximum atomic E-state index is 13.8. The number of benzene rings is 2. The van der Waals surface area contributed by atoms with E-state index < -0.39 is 34.6 Å². The van der Waals surface area contributed by atoms with Crippen LogP contribution in [0, 0.1) is 0 Å². The highest BCUT2D eigenvalue weighted by Crippen LogP contribution is 2.47. The van der Waals surface area contributed by atoms with Crippen LogP contribution in [0.5, 0.6) is 0 Å². The van der Waals surface area contributed by atoms with Gasteiger partial charge >= 0.3 is 17.8 Å². The van der Waals surface area contributed by atoms with Crippen molar-refractivity contribution in [2.45, 2.75) is 19.1 Å². The molecule has 9 heteroatoms. The second-order valence-electron chi connectivity index (χ2n) is 8.13. The number of urea groups is 1. The summed E-state index contributed by atoms with van der Waals surface area (Å²) in [6.45, 7) is 5.51. The SMILES string of the molecule is C=CCN1C(=O)N2C3N=C(c4ccccc4)c4c1cccc4[N@+](C)(C3=O)N2C(=O)[C@H](C)N. The fourth-order valence-corrected chi connectivity index (χ4v) is 4.61. The number of likely N-dealkylation sites (N-methyl/N-ethyl adjacent to an activating group) is 1. The molecule has 4 aliphatic rings. The first-order valence-electron chi connectivity index (χ1n) is 10.3. The van der Waals surface area contributed by atoms with E-state index in [0.29, 0.717) is 22.6 Å². The van der Waals surface area contributed by atoms with Crippen molar-refractivity contribution in [1.29, 1.82) is 0 Å². The summed E-state index contributed by atoms with van der Waals surface area (Å²) in [6.07, 6.45) is 0.397. The Balaban J connectivity index is 1.92. The van der Waals surface area contributed by atoms with E-state index in [9.17, 15) is 14.4 Å². The Morgan fingerprint density at radius 2 is 1.94 bits per heavy atom. The number of anilines is 1. The first kappa shape index (κ1) is 20.1. The molecule has 32 heavy (non-hydrogen) atoms. The second-order valence-corrected chi connectivity index (χ2v) is 8.13. The molecule has 6 rings (SSSR count). The number of carbonyl (C=O) groups is 3. The number of hydrogen-bond acceptors (Lipinski definition) is 5. The van der Waals surface area contributed by atoms with Crippen molar-refractivity contribution in [2.24, 2.45) is 10.7 Å². The van der Waals surface area contributed by atoms with Crippen LogP contribution in [0.3, 0.4) is 0 Å². The standard InChI is InChI=1S/C23H23N6O3/c1-4-13-26-16-11-8-12-17-18(16)19(15-9-6-5-7-10-15)25-20-22(31)29(17,3)28(21(30)14(2)24)27(20)23(26)32/h4-12,14,20H,1,13,24H2,2-3H3/q+1/t14-,20?,29+/m0/s1. The van der Waals surface area contributed by atoms with Crippen LogP contribution in [0.1, 0.15) is 18.1 Å². The zero-order chi connectivity index (χ0) is 22.8. The van der Waals surface area contributed by atoms with Gasteiger partial charge in [-0.3, -0.25) is 9.69 Å². The van der Waals surface area contributed by atoms with Crippen LogP contribution in [0.4, 0.5) is 16.2 Å². The summed E-state index contributed by atoms with van der Waals surface area (Å²) in [5, 5.41) is 2.30. The van der Waals surface area contributed by atoms with E-state index in [2.05, 4.69) is 6.58 Å². The fraction of sp³-hybridized carbons (Fsp3) is 0.217. The summed E-state index contributed by atoms with van der Waals surface area (Å²) < 4.78 is -0.540. The maximum Gasteiger partial charge on any atom is 0.391 e. The van der Waals surface area contributed by atoms with Gasteiger partial charge in [-0.25, -0.2) is 14.6 Å². The Morgan fingerprint density at radius 1 is 1.22 bits per heavy atom. The molecule has 4 aliphatic heterocycles. The third-order valence-corrected chi connectivity index (χ3v) is 6.11. The van der Waals surface area contributed by atoms with Gasteiger partial charge in [-0.05, 0) is 13.0 Å². The zero-order valence-electron chi connectivity index (χ0n) is 17.8. The lowest BCUT2D eigenvalue weighted by Crippen LogP contribution is -2.68. The Hall–Kier alpha value is -3.82. The van der Waals surface area contributed by atoms with Crippen LogP contribution in [0.25, 0.3) is 0 Å². The number of carbonyl (C=O) groups excluding carboxylic acids is 3. The van der Waals surface area contributed by atoms with Gasteiger partial charge in [-0.15, -0.1) is 16.2 Å². The quantitative estimate of drug-likeness (QED) is 0.589. The molecule has 0 saturated carbocycles. The van der Waals surface area contributed by atoms with Crippen molar-refractivity contribution < 1.29 is 14.4 Å². The van der Waals surface area contributed by atoms with Crippen molar-refractivity contribution in [3.8, 4) is 0 Å². The number of fused-ring (bicyclic) bond motifs is 1. The molecule has 0 radical (unpaired) electrons. The molecule has 3 atom stereocenters. The molecule has 6 bridgehead atoms. The first-order chi connectivity index (χ1) is 15.3. The Bertz CT molecular complexity index is 1210. The summed E-state index contributed by atoms with van der Waals surface area (Å²) in [6, 6.07) is 13.4. The van der Waals surface area contributed by atoms with Crippen molar-refractivity contribution in [3.05, 3.63) is 72.3 Å². The van der Waals surface area contributed by atoms with Crippen molar-refractivity contribution in [1.82, 2.24) is 14.7 Å². The third-order valence-electron chi connectivity index (χ3n) is 6.11. The smallest absolute Gasteiger partial charge is 0.320 e. The minimum atomic E-state index is -1.21. The van der Waals surface area contributed by atoms with Gasteiger partial charge in [0.1, 0.15) is 7.05 Å². The van der Waals surface area contributed by atoms with Gasteiger partial charge < -0.3 is 5.73 Å². The summed E-state index contributed by atoms with van der Waals surface area (Å²) in [5.41, 5.74) is 9.13. The van der Waals surface area contributed by atoms with Gasteiger partial charge in [-0.1, -0.05) is 47.6 Å². The molecule has 1 fully saturated rings. The van der Waals surface area contributed by atoms with Gasteiger partial charge in [0.05, 0.1) is 23.0 Å². The molecule has 4 heterocycles. The predicted molar refractivity (Wildman–Crippen MR) is 120 cm³/mol. The van der Waals surface area contributed by atoms with Crippen LogP contribution in [-0.4, -0.2) is 59.5 Å². The molecular weight excluding hydrogens is 408 g/mol. The minimum Gasteiger partial charge on any atom is -0.320 e. The minimum absolute atomic E-state index is 0.193. The highest BCUT2D eigenvalue weighted by atomic mass is 16.3. The van der Waals surface area contributed by atoms with E-state index in [1.54, 1.807) is 25.3 Å². The number of nitrogens with two attached hydrogens (primary N) is 1. The molecule has 0 aliphatic carbocycles. The van der Waals surface area contributed by atoms with E-state index in [0.717, 1.165) is 15.7 Å². The summed E-state index contributed by atoms with van der Waals surface area (Å²) in [5.74, 6) is -0.955. The van der Waals surface area contributed by atoms with E-state index >= 15 is 0 Å². The van der Waals surface area contributed by atoms with E-state index in [1.807, 2.05) is 36.4 Å². The van der Waals surface area contributed by atoms with E-state index in [1.165, 1.54) is 11.8 Å². The molecule has 2 N–H and O–H groups in total. The van der Waals surface area contributed by atoms with Crippen LogP contribution in [-0.2, 0) is 9.59 Å². The second kappa shape index (κ2) is 6.84. The molecule has 1 unspecified atom stereocenters. The van der Waals surface area contributed by atoms with Crippen LogP contribution < -0.4 is 15.2 Å². The molecule has 2 aromatic rings. The number of aliphatic imine (C=N–C) groups is 1. The van der Waals surface area contributed by atoms with Crippen LogP contribution in [0.15, 0.2) is 66.2 Å². The molecule has 9 nitrogen and oxygen atoms in total. The molecule has 0 spiro atoms. The predicted octanol–water partition coefficient (Wildman–Crippen LogP) is 1.77. The third kappa shape index (κ3) is 2.40. The highest BCUT2D eigenvalue weighted by molar-refractivity contribution is 6.25. The molecule has 1 saturated heterocycles. The normalized spacial score (nSPS) is 24.3. The lowest BCUT2D eigenvalue weighted by Gasteiger charge is -2.42. The average Bonchev–Trinajstić information content (AvgIpc) is 2.95. The number of hydrazine groups is 1. The number of hydrogen-bond donors (Lipinski definition) is 1. The highest BCUT2D eigenvalue weighted by Gasteiger charge is 2.67. The molecular formula is C23H23N6O3+. The van der Waals surface area contributed by atoms with Crippen molar-refractivity contribution in [3.63, 3.8) is 0 Å². The largest absolute Gasteiger partial charge is 0.391 e. The Labute approximate surface area is 185 Å². The van der Waals surface area contributed by atoms with Gasteiger partial charge in [0.2, 0.25) is 0 Å². The van der Waals surface area contributed by atoms with Gasteiger partial charge in [0.25, 0.3) is 6.17 Å². The average molecular weight is 431 g/mol. The number of amides is 4. The Morgan fingerprint density at radius 3 is 2.59 bits per heavy atom.